The summed E-state index contributed by atoms with van der Waals surface area (Å²) in [6.45, 7) is 2.20. The number of aromatic nitrogens is 4. The molecule has 2 heterocycles. The molecule has 4 rings (SSSR count). The van der Waals surface area contributed by atoms with Gasteiger partial charge in [-0.2, -0.15) is 0 Å². The fourth-order valence-electron chi connectivity index (χ4n) is 3.34. The van der Waals surface area contributed by atoms with Crippen LogP contribution >= 0.6 is 11.3 Å². The number of benzene rings is 1. The molecule has 1 aliphatic carbocycles. The van der Waals surface area contributed by atoms with Gasteiger partial charge in [0.15, 0.2) is 0 Å². The van der Waals surface area contributed by atoms with Gasteiger partial charge >= 0.3 is 5.69 Å². The second kappa shape index (κ2) is 7.47. The number of hydrogen-bond acceptors (Lipinski definition) is 6. The van der Waals surface area contributed by atoms with Crippen molar-refractivity contribution >= 4 is 32.4 Å². The highest BCUT2D eigenvalue weighted by atomic mass is 32.2. The Morgan fingerprint density at radius 2 is 1.94 bits per heavy atom. The van der Waals surface area contributed by atoms with Crippen molar-refractivity contribution in [3.63, 3.8) is 0 Å². The first-order valence-electron chi connectivity index (χ1n) is 9.91. The molecule has 0 bridgehead atoms. The normalized spacial score (nSPS) is 16.2. The van der Waals surface area contributed by atoms with Gasteiger partial charge in [-0.05, 0) is 38.0 Å². The Morgan fingerprint density at radius 3 is 2.48 bits per heavy atom. The Balaban J connectivity index is 1.86. The highest BCUT2D eigenvalue weighted by Crippen LogP contribution is 2.37. The third-order valence-corrected chi connectivity index (χ3v) is 7.77. The van der Waals surface area contributed by atoms with Crippen LogP contribution in [0.25, 0.3) is 16.2 Å². The number of nitrogens with one attached hydrogen (secondary N) is 1. The number of rotatable bonds is 8. The number of alkyl halides is 1. The second-order valence-electron chi connectivity index (χ2n) is 9.06. The molecule has 1 N–H and O–H groups in total. The van der Waals surface area contributed by atoms with Gasteiger partial charge in [-0.1, -0.05) is 11.3 Å². The van der Waals surface area contributed by atoms with Crippen LogP contribution in [0.3, 0.4) is 0 Å². The SMILES string of the molecule is Cc1nnc(-n2c(=O)n(CC[N+](C)(C)C)c3ccc(S(=O)(=O)NC4(CF)CC4)cc32)s1. The predicted molar refractivity (Wildman–Crippen MR) is 117 cm³/mol. The van der Waals surface area contributed by atoms with Crippen LogP contribution in [-0.4, -0.2) is 72.1 Å². The van der Waals surface area contributed by atoms with E-state index in [2.05, 4.69) is 14.9 Å². The molecule has 0 spiro atoms. The van der Waals surface area contributed by atoms with E-state index < -0.39 is 22.2 Å². The van der Waals surface area contributed by atoms with Gasteiger partial charge in [0.1, 0.15) is 11.7 Å². The van der Waals surface area contributed by atoms with E-state index >= 15 is 0 Å². The number of nitrogens with zero attached hydrogens (tertiary/aromatic N) is 5. The molecule has 3 aromatic rings. The molecular formula is C19H26FN6O3S2+. The summed E-state index contributed by atoms with van der Waals surface area (Å²) in [5, 5.41) is 9.16. The maximum absolute atomic E-state index is 13.3. The van der Waals surface area contributed by atoms with Crippen molar-refractivity contribution in [2.24, 2.45) is 0 Å². The van der Waals surface area contributed by atoms with E-state index in [4.69, 9.17) is 0 Å². The molecule has 168 valence electrons. The van der Waals surface area contributed by atoms with E-state index in [1.165, 1.54) is 28.0 Å². The smallest absolute Gasteiger partial charge is 0.329 e. The van der Waals surface area contributed by atoms with Gasteiger partial charge in [0.2, 0.25) is 15.2 Å². The van der Waals surface area contributed by atoms with Crippen molar-refractivity contribution in [1.29, 1.82) is 0 Å². The number of fused-ring (bicyclic) bond motifs is 1. The number of halogens is 1. The zero-order chi connectivity index (χ0) is 22.6. The van der Waals surface area contributed by atoms with Gasteiger partial charge in [0, 0.05) is 0 Å². The van der Waals surface area contributed by atoms with Crippen LogP contribution in [0.2, 0.25) is 0 Å². The van der Waals surface area contributed by atoms with Crippen molar-refractivity contribution in [3.05, 3.63) is 33.7 Å². The third kappa shape index (κ3) is 4.29. The second-order valence-corrected chi connectivity index (χ2v) is 11.9. The number of aryl methyl sites for hydroxylation is 1. The van der Waals surface area contributed by atoms with Crippen molar-refractivity contribution < 1.29 is 17.3 Å². The molecule has 31 heavy (non-hydrogen) atoms. The van der Waals surface area contributed by atoms with Gasteiger partial charge in [0.05, 0.1) is 55.7 Å². The molecule has 12 heteroatoms. The highest BCUT2D eigenvalue weighted by molar-refractivity contribution is 7.89. The molecule has 0 radical (unpaired) electrons. The minimum absolute atomic E-state index is 0.0153. The van der Waals surface area contributed by atoms with E-state index in [0.29, 0.717) is 51.6 Å². The first kappa shape index (κ1) is 22.1. The Hall–Kier alpha value is -2.15. The first-order chi connectivity index (χ1) is 14.4. The molecule has 2 aromatic heterocycles. The molecule has 0 aliphatic heterocycles. The van der Waals surface area contributed by atoms with Gasteiger partial charge in [0.25, 0.3) is 0 Å². The minimum Gasteiger partial charge on any atom is -0.329 e. The van der Waals surface area contributed by atoms with Crippen molar-refractivity contribution in [1.82, 2.24) is 24.1 Å². The van der Waals surface area contributed by atoms with Gasteiger partial charge in [-0.3, -0.25) is 4.57 Å². The van der Waals surface area contributed by atoms with Crippen LogP contribution in [0, 0.1) is 6.92 Å². The summed E-state index contributed by atoms with van der Waals surface area (Å²) in [5.74, 6) is 0. The summed E-state index contributed by atoms with van der Waals surface area (Å²) in [6, 6.07) is 4.53. The maximum Gasteiger partial charge on any atom is 0.335 e. The average molecular weight is 470 g/mol. The lowest BCUT2D eigenvalue weighted by Gasteiger charge is -2.23. The fourth-order valence-corrected chi connectivity index (χ4v) is 5.50. The number of imidazole rings is 1. The van der Waals surface area contributed by atoms with Crippen LogP contribution in [0.15, 0.2) is 27.9 Å². The molecule has 1 aliphatic rings. The Labute approximate surface area is 183 Å². The summed E-state index contributed by atoms with van der Waals surface area (Å²) >= 11 is 1.25. The number of sulfonamides is 1. The molecule has 1 saturated carbocycles. The van der Waals surface area contributed by atoms with Crippen molar-refractivity contribution in [2.75, 3.05) is 34.4 Å². The third-order valence-electron chi connectivity index (χ3n) is 5.37. The Bertz CT molecular complexity index is 1300. The van der Waals surface area contributed by atoms with E-state index in [1.54, 1.807) is 17.6 Å². The molecule has 0 amide bonds. The Kier molecular flexibility index (Phi) is 5.31. The highest BCUT2D eigenvalue weighted by Gasteiger charge is 2.46. The molecule has 0 unspecified atom stereocenters. The summed E-state index contributed by atoms with van der Waals surface area (Å²) in [7, 11) is 2.16. The van der Waals surface area contributed by atoms with Gasteiger partial charge in [-0.25, -0.2) is 26.9 Å². The quantitative estimate of drug-likeness (QED) is 0.504. The number of quaternary nitrogens is 1. The molecule has 1 fully saturated rings. The van der Waals surface area contributed by atoms with Crippen LogP contribution in [0.4, 0.5) is 4.39 Å². The Morgan fingerprint density at radius 1 is 1.23 bits per heavy atom. The van der Waals surface area contributed by atoms with E-state index in [0.717, 1.165) is 0 Å². The lowest BCUT2D eigenvalue weighted by molar-refractivity contribution is -0.871. The van der Waals surface area contributed by atoms with Crippen LogP contribution in [-0.2, 0) is 16.6 Å². The molecule has 9 nitrogen and oxygen atoms in total. The first-order valence-corrected chi connectivity index (χ1v) is 12.2. The van der Waals surface area contributed by atoms with E-state index in [1.807, 2.05) is 21.1 Å². The average Bonchev–Trinajstić information content (AvgIpc) is 3.22. The standard InChI is InChI=1S/C19H26FN6O3S2/c1-13-21-22-17(30-13)25-16-11-14(31(28,29)23-19(12-20)7-8-19)5-6-15(16)24(18(25)27)9-10-26(2,3)4/h5-6,11,23H,7-10,12H2,1-4H3/q+1. The fraction of sp³-hybridized carbons (Fsp3) is 0.526. The van der Waals surface area contributed by atoms with E-state index in [-0.39, 0.29) is 10.6 Å². The zero-order valence-electron chi connectivity index (χ0n) is 17.9. The van der Waals surface area contributed by atoms with Crippen LogP contribution in [0.5, 0.6) is 0 Å². The minimum atomic E-state index is -3.94. The lowest BCUT2D eigenvalue weighted by atomic mass is 10.3. The summed E-state index contributed by atoms with van der Waals surface area (Å²) < 4.78 is 45.2. The largest absolute Gasteiger partial charge is 0.335 e. The zero-order valence-corrected chi connectivity index (χ0v) is 19.6. The predicted octanol–water partition coefficient (Wildman–Crippen LogP) is 1.44. The van der Waals surface area contributed by atoms with Gasteiger partial charge < -0.3 is 4.48 Å². The van der Waals surface area contributed by atoms with Crippen molar-refractivity contribution in [3.8, 4) is 5.13 Å². The molecular weight excluding hydrogens is 443 g/mol. The van der Waals surface area contributed by atoms with E-state index in [9.17, 15) is 17.6 Å². The molecule has 0 atom stereocenters. The van der Waals surface area contributed by atoms with Crippen molar-refractivity contribution in [2.45, 2.75) is 36.7 Å². The molecule has 1 aromatic carbocycles. The van der Waals surface area contributed by atoms with Gasteiger partial charge in [-0.15, -0.1) is 10.2 Å². The van der Waals surface area contributed by atoms with Crippen LogP contribution < -0.4 is 10.4 Å². The lowest BCUT2D eigenvalue weighted by Crippen LogP contribution is -2.39. The maximum atomic E-state index is 13.3. The topological polar surface area (TPSA) is 98.9 Å². The molecule has 0 saturated heterocycles. The van der Waals surface area contributed by atoms with Crippen LogP contribution in [0.1, 0.15) is 17.8 Å². The summed E-state index contributed by atoms with van der Waals surface area (Å²) in [4.78, 5) is 13.3. The number of likely N-dealkylation sites (N-methyl/N-ethyl adjacent to an activating group) is 1. The number of hydrogen-bond donors (Lipinski definition) is 1. The summed E-state index contributed by atoms with van der Waals surface area (Å²) in [6.07, 6.45) is 0.947. The monoisotopic (exact) mass is 469 g/mol. The summed E-state index contributed by atoms with van der Waals surface area (Å²) in [5.41, 5.74) is -0.266.